The van der Waals surface area contributed by atoms with Crippen molar-refractivity contribution in [1.82, 2.24) is 9.66 Å². The molecule has 1 heterocycles. The van der Waals surface area contributed by atoms with Crippen LogP contribution in [0, 0.1) is 0 Å². The van der Waals surface area contributed by atoms with Crippen LogP contribution < -0.4 is 10.7 Å². The Labute approximate surface area is 105 Å². The van der Waals surface area contributed by atoms with Crippen LogP contribution in [0.2, 0.25) is 0 Å². The van der Waals surface area contributed by atoms with Crippen LogP contribution in [0.15, 0.2) is 18.7 Å². The van der Waals surface area contributed by atoms with Gasteiger partial charge >= 0.3 is 6.09 Å². The number of hydrogen-bond acceptors (Lipinski definition) is 4. The number of ether oxygens (including phenoxy) is 1. The molecule has 0 fully saturated rings. The van der Waals surface area contributed by atoms with Gasteiger partial charge in [0, 0.05) is 18.8 Å². The number of primary amides is 1. The van der Waals surface area contributed by atoms with Gasteiger partial charge in [-0.05, 0) is 20.8 Å². The maximum absolute atomic E-state index is 12.0. The number of nitrogens with zero attached hydrogens (tertiary/aromatic N) is 3. The summed E-state index contributed by atoms with van der Waals surface area (Å²) in [5.41, 5.74) is 4.47. The molecule has 0 atom stereocenters. The third-order valence-electron chi connectivity index (χ3n) is 1.94. The van der Waals surface area contributed by atoms with Gasteiger partial charge in [0.25, 0.3) is 0 Å². The Morgan fingerprint density at radius 1 is 1.44 bits per heavy atom. The van der Waals surface area contributed by atoms with Gasteiger partial charge < -0.3 is 10.5 Å². The second-order valence-electron chi connectivity index (χ2n) is 4.76. The molecule has 0 radical (unpaired) electrons. The molecule has 1 aromatic rings. The molecule has 0 aliphatic carbocycles. The van der Waals surface area contributed by atoms with Gasteiger partial charge in [0.2, 0.25) is 5.91 Å². The lowest BCUT2D eigenvalue weighted by molar-refractivity contribution is -0.117. The van der Waals surface area contributed by atoms with E-state index in [2.05, 4.69) is 4.98 Å². The van der Waals surface area contributed by atoms with E-state index >= 15 is 0 Å². The molecule has 0 saturated heterocycles. The summed E-state index contributed by atoms with van der Waals surface area (Å²) in [6.45, 7) is 5.45. The highest BCUT2D eigenvalue weighted by Crippen LogP contribution is 2.09. The summed E-state index contributed by atoms with van der Waals surface area (Å²) in [4.78, 5) is 26.6. The van der Waals surface area contributed by atoms with Gasteiger partial charge in [-0.1, -0.05) is 0 Å². The van der Waals surface area contributed by atoms with Gasteiger partial charge in [0.1, 0.15) is 11.9 Å². The molecule has 0 bridgehead atoms. The van der Waals surface area contributed by atoms with Crippen LogP contribution in [-0.2, 0) is 9.53 Å². The Bertz CT molecular complexity index is 408. The molecule has 100 valence electrons. The molecular formula is C11H18N4O3. The normalized spacial score (nSPS) is 11.1. The smallest absolute Gasteiger partial charge is 0.429 e. The van der Waals surface area contributed by atoms with Crippen molar-refractivity contribution >= 4 is 12.0 Å². The number of rotatable bonds is 4. The maximum Gasteiger partial charge on any atom is 0.429 e. The lowest BCUT2D eigenvalue weighted by atomic mass is 10.2. The first-order chi connectivity index (χ1) is 8.29. The molecule has 7 nitrogen and oxygen atoms in total. The third-order valence-corrected chi connectivity index (χ3v) is 1.94. The average molecular weight is 254 g/mol. The predicted octanol–water partition coefficient (Wildman–Crippen LogP) is 0.632. The van der Waals surface area contributed by atoms with Crippen molar-refractivity contribution in [2.45, 2.75) is 32.8 Å². The van der Waals surface area contributed by atoms with E-state index in [1.54, 1.807) is 27.0 Å². The Kier molecular flexibility index (Phi) is 4.30. The van der Waals surface area contributed by atoms with Crippen molar-refractivity contribution in [3.8, 4) is 0 Å². The van der Waals surface area contributed by atoms with Gasteiger partial charge in [-0.15, -0.1) is 0 Å². The van der Waals surface area contributed by atoms with E-state index in [-0.39, 0.29) is 13.0 Å². The van der Waals surface area contributed by atoms with E-state index in [1.807, 2.05) is 0 Å². The second kappa shape index (κ2) is 5.52. The number of carbonyl (C=O) groups is 2. The molecule has 1 rings (SSSR count). The number of carbonyl (C=O) groups excluding carboxylic acids is 2. The summed E-state index contributed by atoms with van der Waals surface area (Å²) in [5, 5.41) is 1.27. The van der Waals surface area contributed by atoms with Crippen LogP contribution in [0.3, 0.4) is 0 Å². The van der Waals surface area contributed by atoms with Crippen LogP contribution in [-0.4, -0.2) is 33.8 Å². The predicted molar refractivity (Wildman–Crippen MR) is 65.4 cm³/mol. The Hall–Kier alpha value is -2.05. The molecule has 2 amide bonds. The number of aromatic nitrogens is 2. The fourth-order valence-electron chi connectivity index (χ4n) is 1.23. The van der Waals surface area contributed by atoms with Gasteiger partial charge in [0.15, 0.2) is 0 Å². The molecule has 0 saturated carbocycles. The average Bonchev–Trinajstić information content (AvgIpc) is 2.67. The fraction of sp³-hybridized carbons (Fsp3) is 0.545. The van der Waals surface area contributed by atoms with Crippen LogP contribution in [0.5, 0.6) is 0 Å². The molecule has 0 aliphatic heterocycles. The minimum Gasteiger partial charge on any atom is -0.442 e. The molecule has 18 heavy (non-hydrogen) atoms. The lowest BCUT2D eigenvalue weighted by Crippen LogP contribution is -2.44. The summed E-state index contributed by atoms with van der Waals surface area (Å²) in [6.07, 6.45) is 4.07. The monoisotopic (exact) mass is 254 g/mol. The number of imidazole rings is 1. The first-order valence-electron chi connectivity index (χ1n) is 5.56. The minimum absolute atomic E-state index is 0.0530. The van der Waals surface area contributed by atoms with E-state index in [4.69, 9.17) is 10.5 Å². The number of hydrogen-bond donors (Lipinski definition) is 1. The maximum atomic E-state index is 12.0. The lowest BCUT2D eigenvalue weighted by Gasteiger charge is -2.27. The van der Waals surface area contributed by atoms with Crippen molar-refractivity contribution in [3.63, 3.8) is 0 Å². The molecule has 1 aromatic heterocycles. The van der Waals surface area contributed by atoms with Crippen LogP contribution in [0.1, 0.15) is 27.2 Å². The highest BCUT2D eigenvalue weighted by molar-refractivity contribution is 5.81. The Balaban J connectivity index is 2.77. The van der Waals surface area contributed by atoms with Crippen LogP contribution >= 0.6 is 0 Å². The van der Waals surface area contributed by atoms with E-state index in [0.29, 0.717) is 0 Å². The van der Waals surface area contributed by atoms with Gasteiger partial charge in [0.05, 0.1) is 6.54 Å². The summed E-state index contributed by atoms with van der Waals surface area (Å²) in [6, 6.07) is 0. The Morgan fingerprint density at radius 2 is 2.11 bits per heavy atom. The topological polar surface area (TPSA) is 90.5 Å². The molecule has 0 aromatic carbocycles. The highest BCUT2D eigenvalue weighted by atomic mass is 16.6. The zero-order valence-electron chi connectivity index (χ0n) is 10.8. The van der Waals surface area contributed by atoms with Crippen molar-refractivity contribution in [2.24, 2.45) is 5.73 Å². The zero-order valence-corrected chi connectivity index (χ0v) is 10.8. The van der Waals surface area contributed by atoms with E-state index in [9.17, 15) is 9.59 Å². The summed E-state index contributed by atoms with van der Waals surface area (Å²) in [7, 11) is 0. The van der Waals surface area contributed by atoms with Gasteiger partial charge in [-0.25, -0.2) is 19.5 Å². The highest BCUT2D eigenvalue weighted by Gasteiger charge is 2.23. The second-order valence-corrected chi connectivity index (χ2v) is 4.76. The standard InChI is InChI=1S/C11H18N4O3/c1-11(2,3)18-10(17)15(6-4-9(12)16)14-7-5-13-8-14/h5,7-8H,4,6H2,1-3H3,(H2,12,16). The van der Waals surface area contributed by atoms with Crippen molar-refractivity contribution < 1.29 is 14.3 Å². The number of amides is 2. The van der Waals surface area contributed by atoms with Gasteiger partial charge in [-0.2, -0.15) is 0 Å². The van der Waals surface area contributed by atoms with E-state index < -0.39 is 17.6 Å². The molecular weight excluding hydrogens is 236 g/mol. The summed E-state index contributed by atoms with van der Waals surface area (Å²) >= 11 is 0. The molecule has 0 unspecified atom stereocenters. The largest absolute Gasteiger partial charge is 0.442 e. The Morgan fingerprint density at radius 3 is 2.56 bits per heavy atom. The van der Waals surface area contributed by atoms with Crippen molar-refractivity contribution in [3.05, 3.63) is 18.7 Å². The SMILES string of the molecule is CC(C)(C)OC(=O)N(CCC(N)=O)n1ccnc1. The van der Waals surface area contributed by atoms with E-state index in [1.165, 1.54) is 22.2 Å². The van der Waals surface area contributed by atoms with Crippen LogP contribution in [0.25, 0.3) is 0 Å². The first kappa shape index (κ1) is 14.0. The van der Waals surface area contributed by atoms with Crippen molar-refractivity contribution in [2.75, 3.05) is 11.6 Å². The van der Waals surface area contributed by atoms with Gasteiger partial charge in [-0.3, -0.25) is 4.79 Å². The quantitative estimate of drug-likeness (QED) is 0.853. The minimum atomic E-state index is -0.608. The third kappa shape index (κ3) is 4.44. The summed E-state index contributed by atoms with van der Waals surface area (Å²) in [5.74, 6) is -0.483. The van der Waals surface area contributed by atoms with Crippen LogP contribution in [0.4, 0.5) is 4.79 Å². The number of nitrogens with two attached hydrogens (primary N) is 1. The van der Waals surface area contributed by atoms with E-state index in [0.717, 1.165) is 0 Å². The van der Waals surface area contributed by atoms with Crippen molar-refractivity contribution in [1.29, 1.82) is 0 Å². The molecule has 0 aliphatic rings. The first-order valence-corrected chi connectivity index (χ1v) is 5.56. The zero-order chi connectivity index (χ0) is 13.8. The molecule has 2 N–H and O–H groups in total. The summed E-state index contributed by atoms with van der Waals surface area (Å²) < 4.78 is 6.70. The fourth-order valence-corrected chi connectivity index (χ4v) is 1.23. The molecule has 7 heteroatoms. The molecule has 0 spiro atoms.